The SMILES string of the molecule is CC(=O)c1cccc(Nc2ccc(C(=O)Nc3ccc(OC(C)C)cc3)cn2)c1. The van der Waals surface area contributed by atoms with Gasteiger partial charge in [0.25, 0.3) is 5.91 Å². The van der Waals surface area contributed by atoms with E-state index in [1.54, 1.807) is 42.5 Å². The summed E-state index contributed by atoms with van der Waals surface area (Å²) in [5.41, 5.74) is 2.49. The van der Waals surface area contributed by atoms with E-state index >= 15 is 0 Å². The van der Waals surface area contributed by atoms with Gasteiger partial charge in [0, 0.05) is 23.1 Å². The summed E-state index contributed by atoms with van der Waals surface area (Å²) in [5.74, 6) is 1.08. The number of hydrogen-bond acceptors (Lipinski definition) is 5. The Kier molecular flexibility index (Phi) is 6.24. The Hall–Kier alpha value is -3.67. The van der Waals surface area contributed by atoms with E-state index in [2.05, 4.69) is 15.6 Å². The predicted molar refractivity (Wildman–Crippen MR) is 114 cm³/mol. The zero-order valence-electron chi connectivity index (χ0n) is 16.6. The number of anilines is 3. The van der Waals surface area contributed by atoms with E-state index in [1.807, 2.05) is 32.0 Å². The monoisotopic (exact) mass is 389 g/mol. The molecule has 0 fully saturated rings. The van der Waals surface area contributed by atoms with Crippen LogP contribution in [0.4, 0.5) is 17.2 Å². The largest absolute Gasteiger partial charge is 0.491 e. The van der Waals surface area contributed by atoms with Gasteiger partial charge in [0.2, 0.25) is 0 Å². The molecule has 148 valence electrons. The number of aromatic nitrogens is 1. The topological polar surface area (TPSA) is 80.3 Å². The van der Waals surface area contributed by atoms with E-state index in [9.17, 15) is 9.59 Å². The average molecular weight is 389 g/mol. The molecule has 0 aliphatic rings. The molecule has 2 N–H and O–H groups in total. The van der Waals surface area contributed by atoms with Crippen LogP contribution in [0.2, 0.25) is 0 Å². The molecule has 0 atom stereocenters. The van der Waals surface area contributed by atoms with Gasteiger partial charge in [0.15, 0.2) is 5.78 Å². The molecule has 0 spiro atoms. The van der Waals surface area contributed by atoms with Crippen LogP contribution in [0.25, 0.3) is 0 Å². The van der Waals surface area contributed by atoms with E-state index in [0.717, 1.165) is 11.4 Å². The first-order chi connectivity index (χ1) is 13.9. The van der Waals surface area contributed by atoms with Gasteiger partial charge in [-0.05, 0) is 69.3 Å². The fourth-order valence-corrected chi connectivity index (χ4v) is 2.66. The fourth-order valence-electron chi connectivity index (χ4n) is 2.66. The normalized spacial score (nSPS) is 10.5. The first kappa shape index (κ1) is 20.1. The summed E-state index contributed by atoms with van der Waals surface area (Å²) in [7, 11) is 0. The molecule has 1 aromatic heterocycles. The zero-order valence-corrected chi connectivity index (χ0v) is 16.6. The Labute approximate surface area is 169 Å². The fraction of sp³-hybridized carbons (Fsp3) is 0.174. The van der Waals surface area contributed by atoms with Crippen molar-refractivity contribution in [3.63, 3.8) is 0 Å². The van der Waals surface area contributed by atoms with Crippen LogP contribution in [0.3, 0.4) is 0 Å². The first-order valence-corrected chi connectivity index (χ1v) is 9.33. The maximum absolute atomic E-state index is 12.4. The van der Waals surface area contributed by atoms with Crippen LogP contribution in [0.5, 0.6) is 5.75 Å². The quantitative estimate of drug-likeness (QED) is 0.552. The zero-order chi connectivity index (χ0) is 20.8. The molecular weight excluding hydrogens is 366 g/mol. The lowest BCUT2D eigenvalue weighted by Crippen LogP contribution is -2.12. The number of Topliss-reactive ketones (excluding diaryl/α,β-unsaturated/α-hetero) is 1. The molecule has 29 heavy (non-hydrogen) atoms. The lowest BCUT2D eigenvalue weighted by atomic mass is 10.1. The second-order valence-corrected chi connectivity index (χ2v) is 6.84. The van der Waals surface area contributed by atoms with Gasteiger partial charge in [0.05, 0.1) is 11.7 Å². The average Bonchev–Trinajstić information content (AvgIpc) is 2.70. The molecule has 6 heteroatoms. The van der Waals surface area contributed by atoms with Crippen molar-refractivity contribution in [2.45, 2.75) is 26.9 Å². The number of pyridine rings is 1. The van der Waals surface area contributed by atoms with Gasteiger partial charge >= 0.3 is 0 Å². The third-order valence-electron chi connectivity index (χ3n) is 4.05. The standard InChI is InChI=1S/C23H23N3O3/c1-15(2)29-21-10-8-19(9-11-21)26-23(28)18-7-12-22(24-14-18)25-20-6-4-5-17(13-20)16(3)27/h4-15H,1-3H3,(H,24,25)(H,26,28). The van der Waals surface area contributed by atoms with Gasteiger partial charge in [-0.3, -0.25) is 9.59 Å². The molecule has 0 radical (unpaired) electrons. The number of carbonyl (C=O) groups is 2. The number of hydrogen-bond donors (Lipinski definition) is 2. The van der Waals surface area contributed by atoms with Crippen molar-refractivity contribution in [1.29, 1.82) is 0 Å². The minimum absolute atomic E-state index is 0.00238. The van der Waals surface area contributed by atoms with Gasteiger partial charge in [-0.2, -0.15) is 0 Å². The molecule has 1 amide bonds. The predicted octanol–water partition coefficient (Wildman–Crippen LogP) is 5.07. The summed E-state index contributed by atoms with van der Waals surface area (Å²) >= 11 is 0. The third-order valence-corrected chi connectivity index (χ3v) is 4.05. The van der Waals surface area contributed by atoms with Crippen LogP contribution in [0.1, 0.15) is 41.5 Å². The number of rotatable bonds is 7. The third kappa shape index (κ3) is 5.65. The van der Waals surface area contributed by atoms with Crippen LogP contribution in [-0.4, -0.2) is 22.8 Å². The number of amides is 1. The number of ether oxygens (including phenoxy) is 1. The van der Waals surface area contributed by atoms with Crippen molar-refractivity contribution < 1.29 is 14.3 Å². The Balaban J connectivity index is 1.63. The summed E-state index contributed by atoms with van der Waals surface area (Å²) in [4.78, 5) is 28.2. The number of carbonyl (C=O) groups excluding carboxylic acids is 2. The highest BCUT2D eigenvalue weighted by Crippen LogP contribution is 2.19. The van der Waals surface area contributed by atoms with Crippen molar-refractivity contribution in [1.82, 2.24) is 4.98 Å². The summed E-state index contributed by atoms with van der Waals surface area (Å²) in [6.45, 7) is 5.44. The molecule has 1 heterocycles. The highest BCUT2D eigenvalue weighted by atomic mass is 16.5. The van der Waals surface area contributed by atoms with Gasteiger partial charge in [-0.15, -0.1) is 0 Å². The molecule has 0 saturated heterocycles. The van der Waals surface area contributed by atoms with Gasteiger partial charge in [0.1, 0.15) is 11.6 Å². The van der Waals surface area contributed by atoms with Crippen LogP contribution in [0, 0.1) is 0 Å². The molecule has 0 aliphatic heterocycles. The van der Waals surface area contributed by atoms with Crippen molar-refractivity contribution in [3.8, 4) is 5.75 Å². The van der Waals surface area contributed by atoms with Crippen molar-refractivity contribution in [2.24, 2.45) is 0 Å². The first-order valence-electron chi connectivity index (χ1n) is 9.33. The Morgan fingerprint density at radius 1 is 0.931 bits per heavy atom. The van der Waals surface area contributed by atoms with Crippen molar-refractivity contribution >= 4 is 28.9 Å². The van der Waals surface area contributed by atoms with E-state index in [4.69, 9.17) is 4.74 Å². The van der Waals surface area contributed by atoms with Crippen LogP contribution >= 0.6 is 0 Å². The lowest BCUT2D eigenvalue weighted by molar-refractivity contribution is 0.101. The molecule has 6 nitrogen and oxygen atoms in total. The van der Waals surface area contributed by atoms with Crippen molar-refractivity contribution in [2.75, 3.05) is 10.6 Å². The van der Waals surface area contributed by atoms with Gasteiger partial charge < -0.3 is 15.4 Å². The van der Waals surface area contributed by atoms with Crippen LogP contribution in [0.15, 0.2) is 66.9 Å². The number of ketones is 1. The van der Waals surface area contributed by atoms with Crippen molar-refractivity contribution in [3.05, 3.63) is 78.0 Å². The minimum atomic E-state index is -0.250. The summed E-state index contributed by atoms with van der Waals surface area (Å²) in [5, 5.41) is 5.96. The second kappa shape index (κ2) is 9.01. The van der Waals surface area contributed by atoms with Gasteiger partial charge in [-0.25, -0.2) is 4.98 Å². The van der Waals surface area contributed by atoms with Crippen LogP contribution < -0.4 is 15.4 Å². The van der Waals surface area contributed by atoms with E-state index in [-0.39, 0.29) is 17.8 Å². The summed E-state index contributed by atoms with van der Waals surface area (Å²) in [6, 6.07) is 17.8. The molecule has 0 aliphatic carbocycles. The van der Waals surface area contributed by atoms with Gasteiger partial charge in [-0.1, -0.05) is 12.1 Å². The maximum Gasteiger partial charge on any atom is 0.257 e. The summed E-state index contributed by atoms with van der Waals surface area (Å²) < 4.78 is 5.59. The second-order valence-electron chi connectivity index (χ2n) is 6.84. The highest BCUT2D eigenvalue weighted by molar-refractivity contribution is 6.04. The molecule has 3 rings (SSSR count). The Morgan fingerprint density at radius 2 is 1.69 bits per heavy atom. The highest BCUT2D eigenvalue weighted by Gasteiger charge is 2.08. The molecule has 0 saturated carbocycles. The minimum Gasteiger partial charge on any atom is -0.491 e. The lowest BCUT2D eigenvalue weighted by Gasteiger charge is -2.11. The Morgan fingerprint density at radius 3 is 2.31 bits per heavy atom. The smallest absolute Gasteiger partial charge is 0.257 e. The number of benzene rings is 2. The van der Waals surface area contributed by atoms with E-state index < -0.39 is 0 Å². The van der Waals surface area contributed by atoms with Crippen LogP contribution in [-0.2, 0) is 0 Å². The molecule has 0 bridgehead atoms. The van der Waals surface area contributed by atoms with E-state index in [1.165, 1.54) is 13.1 Å². The molecular formula is C23H23N3O3. The number of nitrogens with one attached hydrogen (secondary N) is 2. The summed E-state index contributed by atoms with van der Waals surface area (Å²) in [6.07, 6.45) is 1.60. The molecule has 0 unspecified atom stereocenters. The van der Waals surface area contributed by atoms with E-state index in [0.29, 0.717) is 22.6 Å². The maximum atomic E-state index is 12.4. The Bertz CT molecular complexity index is 997. The number of nitrogens with zero attached hydrogens (tertiary/aromatic N) is 1. The molecule has 2 aromatic carbocycles. The molecule has 3 aromatic rings.